The Morgan fingerprint density at radius 3 is 2.51 bits per heavy atom. The summed E-state index contributed by atoms with van der Waals surface area (Å²) >= 11 is 13.3. The van der Waals surface area contributed by atoms with Crippen molar-refractivity contribution in [3.05, 3.63) is 98.4 Å². The first kappa shape index (κ1) is 24.9. The van der Waals surface area contributed by atoms with Crippen molar-refractivity contribution in [2.75, 3.05) is 11.9 Å². The van der Waals surface area contributed by atoms with E-state index >= 15 is 0 Å². The zero-order chi connectivity index (χ0) is 24.9. The second-order valence-electron chi connectivity index (χ2n) is 7.74. The highest BCUT2D eigenvalue weighted by Gasteiger charge is 2.34. The molecule has 1 fully saturated rings. The predicted octanol–water partition coefficient (Wildman–Crippen LogP) is 6.56. The molecule has 4 rings (SSSR count). The molecule has 1 N–H and O–H groups in total. The summed E-state index contributed by atoms with van der Waals surface area (Å²) in [4.78, 5) is 38.8. The normalized spacial score (nSPS) is 14.5. The molecule has 35 heavy (non-hydrogen) atoms. The minimum absolute atomic E-state index is 0.216. The van der Waals surface area contributed by atoms with Crippen LogP contribution in [-0.4, -0.2) is 28.6 Å². The molecule has 0 saturated carbocycles. The van der Waals surface area contributed by atoms with Crippen LogP contribution in [0.2, 0.25) is 10.0 Å². The SMILES string of the molecule is Cc1ccc(NC(=O)COc2ccc(/C=C3\SC(=O)N(Cc4ccccc4)C3=O)cc2Cl)cc1Cl. The van der Waals surface area contributed by atoms with E-state index in [1.54, 1.807) is 36.4 Å². The van der Waals surface area contributed by atoms with Crippen LogP contribution in [0.15, 0.2) is 71.6 Å². The minimum atomic E-state index is -0.364. The number of aryl methyl sites for hydroxylation is 1. The van der Waals surface area contributed by atoms with Gasteiger partial charge in [-0.05, 0) is 65.7 Å². The quantitative estimate of drug-likeness (QED) is 0.353. The van der Waals surface area contributed by atoms with Crippen LogP contribution in [0.1, 0.15) is 16.7 Å². The minimum Gasteiger partial charge on any atom is -0.482 e. The number of hydrogen-bond acceptors (Lipinski definition) is 5. The number of benzene rings is 3. The van der Waals surface area contributed by atoms with Gasteiger partial charge < -0.3 is 10.1 Å². The van der Waals surface area contributed by atoms with Crippen LogP contribution in [-0.2, 0) is 16.1 Å². The standard InChI is InChI=1S/C26H20Cl2N2O4S/c1-16-7-9-19(13-20(16)27)29-24(31)15-34-22-10-8-18(11-21(22)28)12-23-25(32)30(26(33)35-23)14-17-5-3-2-4-6-17/h2-13H,14-15H2,1H3,(H,29,31)/b23-12-. The van der Waals surface area contributed by atoms with Gasteiger partial charge in [0.25, 0.3) is 17.1 Å². The number of thioether (sulfide) groups is 1. The van der Waals surface area contributed by atoms with Gasteiger partial charge in [-0.15, -0.1) is 0 Å². The summed E-state index contributed by atoms with van der Waals surface area (Å²) < 4.78 is 5.54. The molecule has 1 aliphatic heterocycles. The average Bonchev–Trinajstić information content (AvgIpc) is 3.09. The van der Waals surface area contributed by atoms with Crippen LogP contribution in [0.5, 0.6) is 5.75 Å². The highest BCUT2D eigenvalue weighted by molar-refractivity contribution is 8.18. The third kappa shape index (κ3) is 6.25. The van der Waals surface area contributed by atoms with Crippen molar-refractivity contribution >= 4 is 63.8 Å². The Morgan fingerprint density at radius 1 is 1.03 bits per heavy atom. The van der Waals surface area contributed by atoms with Gasteiger partial charge in [-0.2, -0.15) is 0 Å². The number of rotatable bonds is 7. The van der Waals surface area contributed by atoms with E-state index in [1.165, 1.54) is 4.90 Å². The summed E-state index contributed by atoms with van der Waals surface area (Å²) in [6, 6.07) is 19.5. The van der Waals surface area contributed by atoms with Crippen LogP contribution in [0, 0.1) is 6.92 Å². The summed E-state index contributed by atoms with van der Waals surface area (Å²) in [6.07, 6.45) is 1.61. The number of carbonyl (C=O) groups excluding carboxylic acids is 3. The van der Waals surface area contributed by atoms with Gasteiger partial charge in [0.1, 0.15) is 5.75 Å². The maximum absolute atomic E-state index is 12.7. The fourth-order valence-electron chi connectivity index (χ4n) is 3.29. The monoisotopic (exact) mass is 526 g/mol. The Bertz CT molecular complexity index is 1330. The molecule has 0 aromatic heterocycles. The number of ether oxygens (including phenoxy) is 1. The number of carbonyl (C=O) groups is 3. The van der Waals surface area contributed by atoms with Crippen molar-refractivity contribution in [3.8, 4) is 5.75 Å². The lowest BCUT2D eigenvalue weighted by molar-refractivity contribution is -0.123. The third-order valence-electron chi connectivity index (χ3n) is 5.13. The van der Waals surface area contributed by atoms with Crippen molar-refractivity contribution in [3.63, 3.8) is 0 Å². The van der Waals surface area contributed by atoms with Gasteiger partial charge in [0.05, 0.1) is 16.5 Å². The first-order chi connectivity index (χ1) is 16.8. The highest BCUT2D eigenvalue weighted by Crippen LogP contribution is 2.34. The van der Waals surface area contributed by atoms with Gasteiger partial charge >= 0.3 is 0 Å². The lowest BCUT2D eigenvalue weighted by atomic mass is 10.2. The van der Waals surface area contributed by atoms with Gasteiger partial charge in [-0.25, -0.2) is 0 Å². The lowest BCUT2D eigenvalue weighted by Crippen LogP contribution is -2.27. The number of halogens is 2. The van der Waals surface area contributed by atoms with Crippen LogP contribution in [0.4, 0.5) is 10.5 Å². The fraction of sp³-hybridized carbons (Fsp3) is 0.115. The molecule has 1 aliphatic rings. The number of hydrogen-bond donors (Lipinski definition) is 1. The Morgan fingerprint density at radius 2 is 1.80 bits per heavy atom. The van der Waals surface area contributed by atoms with E-state index in [9.17, 15) is 14.4 Å². The van der Waals surface area contributed by atoms with Crippen LogP contribution in [0.3, 0.4) is 0 Å². The molecule has 3 aromatic rings. The van der Waals surface area contributed by atoms with Gasteiger partial charge in [0, 0.05) is 10.7 Å². The first-order valence-corrected chi connectivity index (χ1v) is 12.1. The van der Waals surface area contributed by atoms with Gasteiger partial charge in [0.2, 0.25) is 0 Å². The molecule has 9 heteroatoms. The Kier molecular flexibility index (Phi) is 7.80. The molecule has 0 spiro atoms. The first-order valence-electron chi connectivity index (χ1n) is 10.6. The van der Waals surface area contributed by atoms with E-state index in [1.807, 2.05) is 43.3 Å². The average molecular weight is 527 g/mol. The number of amides is 3. The molecule has 0 aliphatic carbocycles. The maximum Gasteiger partial charge on any atom is 0.293 e. The van der Waals surface area contributed by atoms with Gasteiger partial charge in [-0.1, -0.05) is 65.7 Å². The van der Waals surface area contributed by atoms with E-state index in [-0.39, 0.29) is 35.2 Å². The molecular weight excluding hydrogens is 507 g/mol. The van der Waals surface area contributed by atoms with Crippen LogP contribution in [0.25, 0.3) is 6.08 Å². The zero-order valence-corrected chi connectivity index (χ0v) is 20.9. The van der Waals surface area contributed by atoms with E-state index in [0.29, 0.717) is 26.9 Å². The Hall–Kier alpha value is -3.26. The van der Waals surface area contributed by atoms with Crippen LogP contribution >= 0.6 is 35.0 Å². The van der Waals surface area contributed by atoms with Crippen LogP contribution < -0.4 is 10.1 Å². The van der Waals surface area contributed by atoms with E-state index in [2.05, 4.69) is 5.32 Å². The molecule has 3 amide bonds. The largest absolute Gasteiger partial charge is 0.482 e. The molecule has 178 valence electrons. The molecule has 6 nitrogen and oxygen atoms in total. The van der Waals surface area contributed by atoms with E-state index in [4.69, 9.17) is 27.9 Å². The third-order valence-corrected chi connectivity index (χ3v) is 6.74. The lowest BCUT2D eigenvalue weighted by Gasteiger charge is -2.12. The van der Waals surface area contributed by atoms with Gasteiger partial charge in [0.15, 0.2) is 6.61 Å². The molecule has 0 bridgehead atoms. The molecule has 0 unspecified atom stereocenters. The predicted molar refractivity (Wildman–Crippen MR) is 140 cm³/mol. The zero-order valence-electron chi connectivity index (χ0n) is 18.6. The molecular formula is C26H20Cl2N2O4S. The highest BCUT2D eigenvalue weighted by atomic mass is 35.5. The summed E-state index contributed by atoms with van der Waals surface area (Å²) in [5.41, 5.74) is 2.98. The fourth-order valence-corrected chi connectivity index (χ4v) is 4.55. The van der Waals surface area contributed by atoms with Gasteiger partial charge in [-0.3, -0.25) is 19.3 Å². The number of anilines is 1. The Labute approximate surface area is 216 Å². The summed E-state index contributed by atoms with van der Waals surface area (Å²) in [5.74, 6) is -0.400. The molecule has 0 radical (unpaired) electrons. The van der Waals surface area contributed by atoms with Crippen molar-refractivity contribution in [1.82, 2.24) is 4.90 Å². The number of nitrogens with one attached hydrogen (secondary N) is 1. The van der Waals surface area contributed by atoms with Crippen molar-refractivity contribution in [1.29, 1.82) is 0 Å². The maximum atomic E-state index is 12.7. The van der Waals surface area contributed by atoms with Crippen molar-refractivity contribution in [2.24, 2.45) is 0 Å². The molecule has 0 atom stereocenters. The second-order valence-corrected chi connectivity index (χ2v) is 9.55. The molecule has 1 saturated heterocycles. The number of imide groups is 1. The molecule has 1 heterocycles. The van der Waals surface area contributed by atoms with E-state index in [0.717, 1.165) is 22.9 Å². The molecule has 3 aromatic carbocycles. The topological polar surface area (TPSA) is 75.7 Å². The smallest absolute Gasteiger partial charge is 0.293 e. The number of nitrogens with zero attached hydrogens (tertiary/aromatic N) is 1. The van der Waals surface area contributed by atoms with E-state index < -0.39 is 0 Å². The van der Waals surface area contributed by atoms with Crippen molar-refractivity contribution in [2.45, 2.75) is 13.5 Å². The summed E-state index contributed by atoms with van der Waals surface area (Å²) in [7, 11) is 0. The van der Waals surface area contributed by atoms with Crippen molar-refractivity contribution < 1.29 is 19.1 Å². The second kappa shape index (κ2) is 11.0. The summed E-state index contributed by atoms with van der Waals surface area (Å²) in [5, 5.41) is 3.22. The summed E-state index contributed by atoms with van der Waals surface area (Å²) in [6.45, 7) is 1.84. The Balaban J connectivity index is 1.38.